The topological polar surface area (TPSA) is 181 Å². The van der Waals surface area contributed by atoms with E-state index in [2.05, 4.69) is 21.3 Å². The molecular formula is C55H54N4O9. The van der Waals surface area contributed by atoms with Gasteiger partial charge in [0.15, 0.2) is 0 Å². The molecule has 1 aliphatic carbocycles. The number of cyclic esters (lactones) is 1. The summed E-state index contributed by atoms with van der Waals surface area (Å²) in [5, 5.41) is 23.2. The van der Waals surface area contributed by atoms with Crippen LogP contribution < -0.4 is 26.0 Å². The van der Waals surface area contributed by atoms with Crippen LogP contribution >= 0.6 is 0 Å². The minimum absolute atomic E-state index is 0.0384. The van der Waals surface area contributed by atoms with Crippen LogP contribution in [0.1, 0.15) is 53.9 Å². The average Bonchev–Trinajstić information content (AvgIpc) is 3.69. The molecule has 4 atom stereocenters. The Kier molecular flexibility index (Phi) is 15.5. The van der Waals surface area contributed by atoms with Crippen molar-refractivity contribution in [1.29, 1.82) is 0 Å². The Morgan fingerprint density at radius 3 is 2.19 bits per heavy atom. The number of amides is 4. The monoisotopic (exact) mass is 914 g/mol. The molecule has 0 saturated carbocycles. The van der Waals surface area contributed by atoms with Crippen molar-refractivity contribution in [1.82, 2.24) is 16.0 Å². The fraction of sp³-hybridized carbons (Fsp3) is 0.255. The molecule has 2 aliphatic rings. The van der Waals surface area contributed by atoms with Gasteiger partial charge in [-0.15, -0.1) is 0 Å². The van der Waals surface area contributed by atoms with E-state index >= 15 is 0 Å². The lowest BCUT2D eigenvalue weighted by molar-refractivity contribution is -0.148. The predicted octanol–water partition coefficient (Wildman–Crippen LogP) is 7.76. The van der Waals surface area contributed by atoms with Crippen molar-refractivity contribution in [3.8, 4) is 16.9 Å². The van der Waals surface area contributed by atoms with Crippen molar-refractivity contribution >= 4 is 46.2 Å². The summed E-state index contributed by atoms with van der Waals surface area (Å²) in [5.41, 5.74) is 6.59. The Morgan fingerprint density at radius 1 is 0.765 bits per heavy atom. The third kappa shape index (κ3) is 12.2. The van der Waals surface area contributed by atoms with Gasteiger partial charge in [0.2, 0.25) is 11.8 Å². The third-order valence-corrected chi connectivity index (χ3v) is 12.2. The van der Waals surface area contributed by atoms with Crippen LogP contribution in [0.4, 0.5) is 10.5 Å². The molecule has 1 aliphatic heterocycles. The number of fused-ring (bicyclic) bond motifs is 4. The van der Waals surface area contributed by atoms with Crippen molar-refractivity contribution < 1.29 is 43.3 Å². The van der Waals surface area contributed by atoms with Crippen molar-refractivity contribution in [3.05, 3.63) is 180 Å². The first kappa shape index (κ1) is 46.7. The fourth-order valence-electron chi connectivity index (χ4n) is 8.61. The van der Waals surface area contributed by atoms with Crippen molar-refractivity contribution in [3.63, 3.8) is 0 Å². The first-order valence-electron chi connectivity index (χ1n) is 22.9. The molecule has 13 nitrogen and oxygen atoms in total. The number of carbonyl (C=O) groups excluding carboxylic acids is 5. The van der Waals surface area contributed by atoms with Gasteiger partial charge in [0.1, 0.15) is 37.7 Å². The molecule has 0 aromatic heterocycles. The van der Waals surface area contributed by atoms with Gasteiger partial charge in [-0.3, -0.25) is 14.4 Å². The molecule has 348 valence electrons. The summed E-state index contributed by atoms with van der Waals surface area (Å²) < 4.78 is 17.3. The largest absolute Gasteiger partial charge is 0.489 e. The molecule has 4 amide bonds. The fourth-order valence-corrected chi connectivity index (χ4v) is 8.61. The van der Waals surface area contributed by atoms with Gasteiger partial charge in [-0.1, -0.05) is 133 Å². The number of aliphatic hydroxyl groups is 1. The predicted molar refractivity (Wildman–Crippen MR) is 258 cm³/mol. The summed E-state index contributed by atoms with van der Waals surface area (Å²) in [6.45, 7) is -0.456. The zero-order chi connectivity index (χ0) is 47.2. The van der Waals surface area contributed by atoms with Crippen LogP contribution in [0.2, 0.25) is 0 Å². The molecular weight excluding hydrogens is 861 g/mol. The number of aliphatic hydroxyl groups excluding tert-OH is 1. The quantitative estimate of drug-likeness (QED) is 0.0539. The lowest BCUT2D eigenvalue weighted by Crippen LogP contribution is -2.51. The molecule has 0 saturated heterocycles. The highest BCUT2D eigenvalue weighted by molar-refractivity contribution is 6.00. The summed E-state index contributed by atoms with van der Waals surface area (Å²) in [6.07, 6.45) is 3.31. The molecule has 6 aromatic carbocycles. The van der Waals surface area contributed by atoms with Crippen LogP contribution in [-0.4, -0.2) is 72.8 Å². The maximum atomic E-state index is 14.1. The molecule has 6 aromatic rings. The molecule has 0 bridgehead atoms. The lowest BCUT2D eigenvalue weighted by atomic mass is 9.97. The Morgan fingerprint density at radius 2 is 1.46 bits per heavy atom. The highest BCUT2D eigenvalue weighted by atomic mass is 16.6. The second-order valence-electron chi connectivity index (χ2n) is 17.0. The minimum atomic E-state index is -1.38. The number of hydrogen-bond acceptors (Lipinski definition) is 9. The highest BCUT2D eigenvalue weighted by Crippen LogP contribution is 2.44. The number of alkyl carbamates (subject to hydrolysis) is 1. The Balaban J connectivity index is 0.928. The number of esters is 1. The van der Waals surface area contributed by atoms with Gasteiger partial charge in [-0.2, -0.15) is 0 Å². The van der Waals surface area contributed by atoms with Gasteiger partial charge >= 0.3 is 12.1 Å². The molecule has 0 unspecified atom stereocenters. The highest BCUT2D eigenvalue weighted by Gasteiger charge is 2.33. The van der Waals surface area contributed by atoms with E-state index in [1.54, 1.807) is 24.3 Å². The molecule has 13 heteroatoms. The number of rotatable bonds is 14. The molecule has 8 rings (SSSR count). The maximum absolute atomic E-state index is 14.1. The molecule has 1 heterocycles. The number of benzene rings is 6. The summed E-state index contributed by atoms with van der Waals surface area (Å²) in [6, 6.07) is 43.0. The number of allylic oxidation sites excluding steroid dienone is 2. The van der Waals surface area contributed by atoms with Crippen LogP contribution in [0.25, 0.3) is 21.9 Å². The smallest absolute Gasteiger partial charge is 0.407 e. The van der Waals surface area contributed by atoms with Gasteiger partial charge in [0.25, 0.3) is 5.91 Å². The van der Waals surface area contributed by atoms with Gasteiger partial charge < -0.3 is 40.6 Å². The van der Waals surface area contributed by atoms with Gasteiger partial charge in [0.05, 0.1) is 18.6 Å². The normalized spacial score (nSPS) is 17.7. The van der Waals surface area contributed by atoms with Gasteiger partial charge in [0, 0.05) is 18.0 Å². The Bertz CT molecular complexity index is 2710. The van der Waals surface area contributed by atoms with E-state index < -0.39 is 60.4 Å². The second-order valence-corrected chi connectivity index (χ2v) is 17.0. The minimum Gasteiger partial charge on any atom is -0.489 e. The summed E-state index contributed by atoms with van der Waals surface area (Å²) in [4.78, 5) is 68.7. The first-order valence-corrected chi connectivity index (χ1v) is 22.9. The Labute approximate surface area is 394 Å². The zero-order valence-electron chi connectivity index (χ0n) is 37.5. The number of carbonyl (C=O) groups is 5. The zero-order valence-corrected chi connectivity index (χ0v) is 37.5. The number of hydrogen-bond donors (Lipinski definition) is 5. The summed E-state index contributed by atoms with van der Waals surface area (Å²) >= 11 is 0. The third-order valence-electron chi connectivity index (χ3n) is 12.2. The van der Waals surface area contributed by atoms with Crippen molar-refractivity contribution in [2.75, 3.05) is 25.1 Å². The molecule has 0 spiro atoms. The van der Waals surface area contributed by atoms with E-state index in [4.69, 9.17) is 14.2 Å². The van der Waals surface area contributed by atoms with E-state index in [9.17, 15) is 29.1 Å². The standard InChI is InChI=1S/C55H54N4O9/c60-32-42(29-36-23-27-43(28-24-36)66-33-37-13-3-1-4-14-37)56-51(61)31-40-17-5-2-6-22-49(59-55(65)68-34-48-46-20-11-9-18-44(46)45-19-10-12-21-47(45)48)54(64)67-35-50(58-52(40)62)53(63)57-41-26-25-38-15-7-8-16-39(38)30-41/h1-5,7-16,18-21,23-28,30,40,42,48-50,60H,6,17,22,29,31-35H2,(H,56,61)(H,57,63)(H,58,62)(H,59,65)/t40-,42+,49+,50+/m1/s1. The van der Waals surface area contributed by atoms with E-state index in [0.717, 1.165) is 44.2 Å². The van der Waals surface area contributed by atoms with E-state index in [1.807, 2.05) is 133 Å². The summed E-state index contributed by atoms with van der Waals surface area (Å²) in [7, 11) is 0. The first-order chi connectivity index (χ1) is 33.2. The molecule has 5 N–H and O–H groups in total. The molecule has 0 fully saturated rings. The van der Waals surface area contributed by atoms with E-state index in [-0.39, 0.29) is 38.4 Å². The van der Waals surface area contributed by atoms with Crippen LogP contribution in [0.3, 0.4) is 0 Å². The van der Waals surface area contributed by atoms with Gasteiger partial charge in [-0.25, -0.2) is 9.59 Å². The number of nitrogens with one attached hydrogen (secondary N) is 4. The Hall–Kier alpha value is -7.77. The van der Waals surface area contributed by atoms with Crippen LogP contribution in [-0.2, 0) is 41.7 Å². The van der Waals surface area contributed by atoms with Crippen LogP contribution in [0.15, 0.2) is 158 Å². The SMILES string of the molecule is O=C(C[C@H]1CC=CCC[C@H](NC(=O)OCC2c3ccccc3-c3ccccc32)C(=O)OC[C@@H](C(=O)Nc2ccc3ccccc3c2)NC1=O)N[C@H](CO)Cc1ccc(OCc2ccccc2)cc1. The van der Waals surface area contributed by atoms with E-state index in [1.165, 1.54) is 0 Å². The van der Waals surface area contributed by atoms with Crippen molar-refractivity contribution in [2.45, 2.75) is 62.8 Å². The van der Waals surface area contributed by atoms with Crippen molar-refractivity contribution in [2.24, 2.45) is 5.92 Å². The number of anilines is 1. The number of ether oxygens (including phenoxy) is 3. The molecule has 68 heavy (non-hydrogen) atoms. The maximum Gasteiger partial charge on any atom is 0.407 e. The average molecular weight is 915 g/mol. The summed E-state index contributed by atoms with van der Waals surface area (Å²) in [5.74, 6) is -3.01. The second kappa shape index (κ2) is 22.6. The van der Waals surface area contributed by atoms with Gasteiger partial charge in [-0.05, 0) is 94.1 Å². The van der Waals surface area contributed by atoms with E-state index in [0.29, 0.717) is 30.9 Å². The lowest BCUT2D eigenvalue weighted by Gasteiger charge is -2.23. The van der Waals surface area contributed by atoms with Crippen LogP contribution in [0.5, 0.6) is 5.75 Å². The molecule has 0 radical (unpaired) electrons. The van der Waals surface area contributed by atoms with Crippen LogP contribution in [0, 0.1) is 5.92 Å².